The van der Waals surface area contributed by atoms with Crippen molar-refractivity contribution in [3.63, 3.8) is 0 Å². The second kappa shape index (κ2) is 10.3. The first kappa shape index (κ1) is 23.8. The molecule has 3 aromatic carbocycles. The van der Waals surface area contributed by atoms with Crippen molar-refractivity contribution >= 4 is 29.7 Å². The number of aromatic hydroxyl groups is 1. The van der Waals surface area contributed by atoms with Gasteiger partial charge in [0.25, 0.3) is 0 Å². The minimum Gasteiger partial charge on any atom is -0.507 e. The summed E-state index contributed by atoms with van der Waals surface area (Å²) in [6.45, 7) is 2.06. The molecule has 0 spiro atoms. The van der Waals surface area contributed by atoms with E-state index < -0.39 is 11.9 Å². The van der Waals surface area contributed by atoms with Crippen LogP contribution in [0.3, 0.4) is 0 Å². The zero-order valence-corrected chi connectivity index (χ0v) is 19.0. The highest BCUT2D eigenvalue weighted by molar-refractivity contribution is 5.92. The van der Waals surface area contributed by atoms with Gasteiger partial charge in [0, 0.05) is 30.5 Å². The highest BCUT2D eigenvalue weighted by Gasteiger charge is 2.21. The molecule has 0 bridgehead atoms. The van der Waals surface area contributed by atoms with Crippen molar-refractivity contribution < 1.29 is 29.7 Å². The molecule has 1 aliphatic rings. The Morgan fingerprint density at radius 2 is 1.57 bits per heavy atom. The van der Waals surface area contributed by atoms with E-state index in [2.05, 4.69) is 17.0 Å². The van der Waals surface area contributed by atoms with Crippen LogP contribution in [0.4, 0.5) is 11.4 Å². The van der Waals surface area contributed by atoms with Crippen LogP contribution in [-0.4, -0.2) is 46.8 Å². The van der Waals surface area contributed by atoms with Crippen molar-refractivity contribution in [2.24, 2.45) is 0 Å². The average molecular weight is 475 g/mol. The molecule has 0 saturated carbocycles. The van der Waals surface area contributed by atoms with Gasteiger partial charge in [0.2, 0.25) is 6.41 Å². The Morgan fingerprint density at radius 1 is 0.914 bits per heavy atom. The number of carbonyl (C=O) groups is 3. The molecular formula is C27H26N2O6. The van der Waals surface area contributed by atoms with Crippen LogP contribution < -0.4 is 9.80 Å². The fourth-order valence-corrected chi connectivity index (χ4v) is 4.45. The van der Waals surface area contributed by atoms with Crippen LogP contribution in [0.15, 0.2) is 66.7 Å². The Balaban J connectivity index is 1.36. The molecule has 4 rings (SSSR count). The first-order chi connectivity index (χ1) is 16.9. The van der Waals surface area contributed by atoms with Gasteiger partial charge < -0.3 is 25.1 Å². The molecule has 0 unspecified atom stereocenters. The Kier molecular flexibility index (Phi) is 7.01. The standard InChI is InChI=1S/C27H26N2O6/c30-17-29(23-9-10-24(27(34)35)25(31)15-23)16-18-1-3-19(4-2-18)20-11-13-28(14-12-20)22-7-5-21(6-8-22)26(32)33/h1-10,15,17,20,31H,11-14,16H2,(H,32,33)(H,34,35). The van der Waals surface area contributed by atoms with E-state index in [1.165, 1.54) is 28.7 Å². The molecule has 180 valence electrons. The van der Waals surface area contributed by atoms with Crippen LogP contribution in [-0.2, 0) is 11.3 Å². The Labute approximate surface area is 202 Å². The lowest BCUT2D eigenvalue weighted by molar-refractivity contribution is -0.107. The van der Waals surface area contributed by atoms with E-state index >= 15 is 0 Å². The molecule has 0 aromatic heterocycles. The number of anilines is 2. The van der Waals surface area contributed by atoms with Crippen molar-refractivity contribution in [2.75, 3.05) is 22.9 Å². The third-order valence-electron chi connectivity index (χ3n) is 6.45. The number of amides is 1. The SMILES string of the molecule is O=CN(Cc1ccc(C2CCN(c3ccc(C(=O)O)cc3)CC2)cc1)c1ccc(C(=O)O)c(O)c1. The molecule has 1 heterocycles. The Hall–Kier alpha value is -4.33. The maximum atomic E-state index is 11.6. The fraction of sp³-hybridized carbons (Fsp3) is 0.222. The second-order valence-corrected chi connectivity index (χ2v) is 8.59. The van der Waals surface area contributed by atoms with Gasteiger partial charge in [-0.25, -0.2) is 9.59 Å². The summed E-state index contributed by atoms with van der Waals surface area (Å²) in [5.74, 6) is -2.13. The van der Waals surface area contributed by atoms with Crippen molar-refractivity contribution in [1.29, 1.82) is 0 Å². The lowest BCUT2D eigenvalue weighted by Gasteiger charge is -2.34. The third kappa shape index (κ3) is 5.43. The van der Waals surface area contributed by atoms with Crippen LogP contribution in [0.5, 0.6) is 5.75 Å². The number of carbonyl (C=O) groups excluding carboxylic acids is 1. The van der Waals surface area contributed by atoms with E-state index in [1.807, 2.05) is 24.3 Å². The van der Waals surface area contributed by atoms with E-state index in [0.29, 0.717) is 24.6 Å². The summed E-state index contributed by atoms with van der Waals surface area (Å²) in [6, 6.07) is 19.1. The van der Waals surface area contributed by atoms with E-state index in [4.69, 9.17) is 10.2 Å². The maximum absolute atomic E-state index is 11.6. The quantitative estimate of drug-likeness (QED) is 0.416. The van der Waals surface area contributed by atoms with E-state index in [9.17, 15) is 19.5 Å². The Bertz CT molecular complexity index is 1220. The largest absolute Gasteiger partial charge is 0.507 e. The molecule has 3 aromatic rings. The molecule has 1 saturated heterocycles. The number of hydrogen-bond acceptors (Lipinski definition) is 5. The highest BCUT2D eigenvalue weighted by Crippen LogP contribution is 2.31. The first-order valence-corrected chi connectivity index (χ1v) is 11.3. The first-order valence-electron chi connectivity index (χ1n) is 11.3. The molecule has 8 nitrogen and oxygen atoms in total. The fourth-order valence-electron chi connectivity index (χ4n) is 4.45. The van der Waals surface area contributed by atoms with Gasteiger partial charge in [-0.3, -0.25) is 4.79 Å². The topological polar surface area (TPSA) is 118 Å². The predicted octanol–water partition coefficient (Wildman–Crippen LogP) is 4.34. The van der Waals surface area contributed by atoms with Crippen molar-refractivity contribution in [2.45, 2.75) is 25.3 Å². The third-order valence-corrected chi connectivity index (χ3v) is 6.45. The van der Waals surface area contributed by atoms with E-state index in [0.717, 1.165) is 37.2 Å². The monoisotopic (exact) mass is 474 g/mol. The average Bonchev–Trinajstić information content (AvgIpc) is 2.87. The van der Waals surface area contributed by atoms with E-state index in [1.54, 1.807) is 12.1 Å². The summed E-state index contributed by atoms with van der Waals surface area (Å²) >= 11 is 0. The zero-order valence-electron chi connectivity index (χ0n) is 19.0. The van der Waals surface area contributed by atoms with Gasteiger partial charge in [-0.1, -0.05) is 24.3 Å². The number of carboxylic acids is 2. The van der Waals surface area contributed by atoms with Crippen LogP contribution >= 0.6 is 0 Å². The molecule has 8 heteroatoms. The van der Waals surface area contributed by atoms with Gasteiger partial charge >= 0.3 is 11.9 Å². The summed E-state index contributed by atoms with van der Waals surface area (Å²) in [5.41, 5.74) is 3.66. The summed E-state index contributed by atoms with van der Waals surface area (Å²) < 4.78 is 0. The number of phenols is 1. The smallest absolute Gasteiger partial charge is 0.339 e. The van der Waals surface area contributed by atoms with Gasteiger partial charge in [-0.2, -0.15) is 0 Å². The molecule has 0 radical (unpaired) electrons. The number of carboxylic acid groups (broad SMARTS) is 2. The minimum atomic E-state index is -1.23. The maximum Gasteiger partial charge on any atom is 0.339 e. The highest BCUT2D eigenvalue weighted by atomic mass is 16.4. The molecule has 35 heavy (non-hydrogen) atoms. The van der Waals surface area contributed by atoms with Crippen molar-refractivity contribution in [3.05, 3.63) is 89.0 Å². The predicted molar refractivity (Wildman–Crippen MR) is 131 cm³/mol. The van der Waals surface area contributed by atoms with Gasteiger partial charge in [-0.05, 0) is 66.3 Å². The Morgan fingerprint density at radius 3 is 2.11 bits per heavy atom. The van der Waals surface area contributed by atoms with Crippen LogP contribution in [0.2, 0.25) is 0 Å². The molecule has 1 amide bonds. The molecule has 3 N–H and O–H groups in total. The number of rotatable bonds is 8. The lowest BCUT2D eigenvalue weighted by atomic mass is 9.88. The lowest BCUT2D eigenvalue weighted by Crippen LogP contribution is -2.32. The van der Waals surface area contributed by atoms with Gasteiger partial charge in [0.05, 0.1) is 12.1 Å². The molecule has 1 aliphatic heterocycles. The van der Waals surface area contributed by atoms with Crippen LogP contribution in [0.1, 0.15) is 50.6 Å². The van der Waals surface area contributed by atoms with Crippen molar-refractivity contribution in [3.8, 4) is 5.75 Å². The number of aromatic carboxylic acids is 2. The summed E-state index contributed by atoms with van der Waals surface area (Å²) in [4.78, 5) is 37.5. The summed E-state index contributed by atoms with van der Waals surface area (Å²) in [5, 5.41) is 28.0. The van der Waals surface area contributed by atoms with Crippen molar-refractivity contribution in [1.82, 2.24) is 0 Å². The number of nitrogens with zero attached hydrogens (tertiary/aromatic N) is 2. The number of hydrogen-bond donors (Lipinski definition) is 3. The van der Waals surface area contributed by atoms with Gasteiger partial charge in [0.15, 0.2) is 0 Å². The molecular weight excluding hydrogens is 448 g/mol. The van der Waals surface area contributed by atoms with Gasteiger partial charge in [-0.15, -0.1) is 0 Å². The number of piperidine rings is 1. The molecule has 1 fully saturated rings. The minimum absolute atomic E-state index is 0.215. The molecule has 0 aliphatic carbocycles. The number of benzene rings is 3. The zero-order chi connectivity index (χ0) is 24.9. The molecule has 0 atom stereocenters. The normalized spacial score (nSPS) is 13.9. The van der Waals surface area contributed by atoms with Crippen LogP contribution in [0.25, 0.3) is 0 Å². The summed E-state index contributed by atoms with van der Waals surface area (Å²) in [7, 11) is 0. The summed E-state index contributed by atoms with van der Waals surface area (Å²) in [6.07, 6.45) is 2.62. The second-order valence-electron chi connectivity index (χ2n) is 8.59. The van der Waals surface area contributed by atoms with Gasteiger partial charge in [0.1, 0.15) is 11.3 Å². The van der Waals surface area contributed by atoms with Crippen LogP contribution in [0, 0.1) is 0 Å². The van der Waals surface area contributed by atoms with E-state index in [-0.39, 0.29) is 16.9 Å².